The third kappa shape index (κ3) is 4.16. The van der Waals surface area contributed by atoms with Gasteiger partial charge in [0.15, 0.2) is 11.9 Å². The van der Waals surface area contributed by atoms with Gasteiger partial charge in [-0.25, -0.2) is 9.78 Å². The number of nitrogens with zero attached hydrogens (tertiary/aromatic N) is 1. The second kappa shape index (κ2) is 8.93. The van der Waals surface area contributed by atoms with E-state index < -0.39 is 12.1 Å². The zero-order valence-electron chi connectivity index (χ0n) is 17.5. The summed E-state index contributed by atoms with van der Waals surface area (Å²) in [5.74, 6) is -0.367. The molecular formula is C28H19NO4. The van der Waals surface area contributed by atoms with Gasteiger partial charge in [-0.3, -0.25) is 4.79 Å². The SMILES string of the molecule is O=C(OC(C(=O)c1ccccc1)c1ccccc1)c1cc(-c2ccco2)nc2ccccc12. The van der Waals surface area contributed by atoms with E-state index in [2.05, 4.69) is 4.98 Å². The topological polar surface area (TPSA) is 69.4 Å². The van der Waals surface area contributed by atoms with Crippen LogP contribution >= 0.6 is 0 Å². The molecule has 0 saturated carbocycles. The number of esters is 1. The highest BCUT2D eigenvalue weighted by atomic mass is 16.5. The zero-order chi connectivity index (χ0) is 22.6. The van der Waals surface area contributed by atoms with Crippen LogP contribution in [-0.4, -0.2) is 16.7 Å². The third-order valence-electron chi connectivity index (χ3n) is 5.33. The first-order valence-electron chi connectivity index (χ1n) is 10.5. The first-order chi connectivity index (χ1) is 16.2. The molecule has 0 bridgehead atoms. The van der Waals surface area contributed by atoms with E-state index in [9.17, 15) is 9.59 Å². The van der Waals surface area contributed by atoms with Gasteiger partial charge in [-0.1, -0.05) is 78.9 Å². The monoisotopic (exact) mass is 433 g/mol. The summed E-state index contributed by atoms with van der Waals surface area (Å²) in [5, 5.41) is 0.636. The number of fused-ring (bicyclic) bond motifs is 1. The maximum atomic E-state index is 13.5. The Morgan fingerprint density at radius 2 is 1.48 bits per heavy atom. The van der Waals surface area contributed by atoms with Crippen molar-refractivity contribution >= 4 is 22.7 Å². The molecule has 0 saturated heterocycles. The predicted octanol–water partition coefficient (Wildman–Crippen LogP) is 6.28. The second-order valence-corrected chi connectivity index (χ2v) is 7.48. The summed E-state index contributed by atoms with van der Waals surface area (Å²) in [5.41, 5.74) is 2.52. The van der Waals surface area contributed by atoms with Crippen LogP contribution in [0.2, 0.25) is 0 Å². The molecule has 160 valence electrons. The molecule has 3 aromatic carbocycles. The summed E-state index contributed by atoms with van der Waals surface area (Å²) in [4.78, 5) is 31.4. The molecule has 0 amide bonds. The van der Waals surface area contributed by atoms with Crippen molar-refractivity contribution in [1.82, 2.24) is 4.98 Å². The highest BCUT2D eigenvalue weighted by Gasteiger charge is 2.28. The molecule has 1 atom stereocenters. The van der Waals surface area contributed by atoms with Crippen molar-refractivity contribution in [2.24, 2.45) is 0 Å². The fraction of sp³-hybridized carbons (Fsp3) is 0.0357. The molecule has 0 aliphatic heterocycles. The minimum absolute atomic E-state index is 0.292. The quantitative estimate of drug-likeness (QED) is 0.233. The van der Waals surface area contributed by atoms with E-state index in [0.717, 1.165) is 0 Å². The number of rotatable bonds is 6. The van der Waals surface area contributed by atoms with Crippen molar-refractivity contribution in [3.05, 3.63) is 126 Å². The number of furan rings is 1. The van der Waals surface area contributed by atoms with E-state index >= 15 is 0 Å². The van der Waals surface area contributed by atoms with E-state index in [1.807, 2.05) is 42.5 Å². The van der Waals surface area contributed by atoms with Gasteiger partial charge >= 0.3 is 5.97 Å². The Labute approximate surface area is 190 Å². The fourth-order valence-electron chi connectivity index (χ4n) is 3.72. The molecule has 5 rings (SSSR count). The molecule has 5 aromatic rings. The molecule has 33 heavy (non-hydrogen) atoms. The lowest BCUT2D eigenvalue weighted by Gasteiger charge is -2.18. The first kappa shape index (κ1) is 20.4. The summed E-state index contributed by atoms with van der Waals surface area (Å²) in [6.07, 6.45) is 0.467. The van der Waals surface area contributed by atoms with Gasteiger partial charge in [0.25, 0.3) is 0 Å². The van der Waals surface area contributed by atoms with Gasteiger partial charge in [0, 0.05) is 16.5 Å². The highest BCUT2D eigenvalue weighted by Crippen LogP contribution is 2.29. The Kier molecular flexibility index (Phi) is 5.52. The number of para-hydroxylation sites is 1. The van der Waals surface area contributed by atoms with Gasteiger partial charge in [0.05, 0.1) is 17.3 Å². The molecule has 0 N–H and O–H groups in total. The molecule has 5 heteroatoms. The predicted molar refractivity (Wildman–Crippen MR) is 125 cm³/mol. The number of carbonyl (C=O) groups is 2. The summed E-state index contributed by atoms with van der Waals surface area (Å²) >= 11 is 0. The number of pyridine rings is 1. The Morgan fingerprint density at radius 1 is 0.788 bits per heavy atom. The van der Waals surface area contributed by atoms with Crippen LogP contribution in [0.5, 0.6) is 0 Å². The second-order valence-electron chi connectivity index (χ2n) is 7.48. The van der Waals surface area contributed by atoms with Crippen LogP contribution in [0, 0.1) is 0 Å². The number of benzene rings is 3. The van der Waals surface area contributed by atoms with Crippen LogP contribution < -0.4 is 0 Å². The molecule has 0 aliphatic carbocycles. The zero-order valence-corrected chi connectivity index (χ0v) is 17.5. The summed E-state index contributed by atoms with van der Waals surface area (Å²) in [6, 6.07) is 30.3. The van der Waals surface area contributed by atoms with E-state index in [-0.39, 0.29) is 5.78 Å². The van der Waals surface area contributed by atoms with Gasteiger partial charge in [0.1, 0.15) is 5.69 Å². The number of Topliss-reactive ketones (excluding diaryl/α,β-unsaturated/α-hetero) is 1. The van der Waals surface area contributed by atoms with Crippen LogP contribution in [0.25, 0.3) is 22.4 Å². The van der Waals surface area contributed by atoms with E-state index in [1.54, 1.807) is 66.9 Å². The molecule has 0 aliphatic rings. The molecule has 2 aromatic heterocycles. The fourth-order valence-corrected chi connectivity index (χ4v) is 3.72. The van der Waals surface area contributed by atoms with Crippen LogP contribution in [0.1, 0.15) is 32.4 Å². The average Bonchev–Trinajstić information content (AvgIpc) is 3.42. The maximum Gasteiger partial charge on any atom is 0.339 e. The first-order valence-corrected chi connectivity index (χ1v) is 10.5. The number of aromatic nitrogens is 1. The number of ketones is 1. The van der Waals surface area contributed by atoms with Crippen LogP contribution in [0.15, 0.2) is 114 Å². The third-order valence-corrected chi connectivity index (χ3v) is 5.33. The van der Waals surface area contributed by atoms with Crippen molar-refractivity contribution in [1.29, 1.82) is 0 Å². The smallest absolute Gasteiger partial charge is 0.339 e. The van der Waals surface area contributed by atoms with Gasteiger partial charge < -0.3 is 9.15 Å². The Balaban J connectivity index is 1.57. The average molecular weight is 433 g/mol. The molecule has 1 unspecified atom stereocenters. The Bertz CT molecular complexity index is 1410. The Hall–Kier alpha value is -4.51. The Morgan fingerprint density at radius 3 is 2.21 bits per heavy atom. The van der Waals surface area contributed by atoms with Crippen molar-refractivity contribution in [3.8, 4) is 11.5 Å². The lowest BCUT2D eigenvalue weighted by Crippen LogP contribution is -2.20. The molecule has 0 spiro atoms. The minimum atomic E-state index is -1.08. The van der Waals surface area contributed by atoms with Crippen molar-refractivity contribution in [2.75, 3.05) is 0 Å². The number of ether oxygens (including phenoxy) is 1. The summed E-state index contributed by atoms with van der Waals surface area (Å²) in [7, 11) is 0. The van der Waals surface area contributed by atoms with E-state index in [1.165, 1.54) is 0 Å². The van der Waals surface area contributed by atoms with E-state index in [4.69, 9.17) is 9.15 Å². The molecule has 2 heterocycles. The minimum Gasteiger partial charge on any atom is -0.463 e. The largest absolute Gasteiger partial charge is 0.463 e. The number of hydrogen-bond donors (Lipinski definition) is 0. The normalized spacial score (nSPS) is 11.8. The molecule has 0 radical (unpaired) electrons. The van der Waals surface area contributed by atoms with Crippen LogP contribution in [0.4, 0.5) is 0 Å². The van der Waals surface area contributed by atoms with Gasteiger partial charge in [-0.2, -0.15) is 0 Å². The van der Waals surface area contributed by atoms with Crippen molar-refractivity contribution in [3.63, 3.8) is 0 Å². The standard InChI is InChI=1S/C28H19NO4/c30-26(19-10-3-1-4-11-19)27(20-12-5-2-6-13-20)33-28(31)22-18-24(25-16-9-17-32-25)29-23-15-8-7-14-21(22)23/h1-18,27H. The van der Waals surface area contributed by atoms with Crippen LogP contribution in [0.3, 0.4) is 0 Å². The summed E-state index contributed by atoms with van der Waals surface area (Å²) in [6.45, 7) is 0. The van der Waals surface area contributed by atoms with Crippen molar-refractivity contribution < 1.29 is 18.7 Å². The van der Waals surface area contributed by atoms with Gasteiger partial charge in [-0.15, -0.1) is 0 Å². The molecular weight excluding hydrogens is 414 g/mol. The lowest BCUT2D eigenvalue weighted by atomic mass is 9.99. The van der Waals surface area contributed by atoms with Crippen molar-refractivity contribution in [2.45, 2.75) is 6.10 Å². The molecule has 0 fully saturated rings. The molecule has 5 nitrogen and oxygen atoms in total. The number of hydrogen-bond acceptors (Lipinski definition) is 5. The van der Waals surface area contributed by atoms with Gasteiger partial charge in [0.2, 0.25) is 5.78 Å². The van der Waals surface area contributed by atoms with Gasteiger partial charge in [-0.05, 0) is 24.3 Å². The highest BCUT2D eigenvalue weighted by molar-refractivity contribution is 6.07. The van der Waals surface area contributed by atoms with E-state index in [0.29, 0.717) is 39.0 Å². The summed E-state index contributed by atoms with van der Waals surface area (Å²) < 4.78 is 11.4. The lowest BCUT2D eigenvalue weighted by molar-refractivity contribution is 0.0282. The number of carbonyl (C=O) groups excluding carboxylic acids is 2. The maximum absolute atomic E-state index is 13.5. The van der Waals surface area contributed by atoms with Crippen LogP contribution in [-0.2, 0) is 4.74 Å².